The van der Waals surface area contributed by atoms with Crippen LogP contribution >= 0.6 is 0 Å². The molecule has 0 saturated carbocycles. The van der Waals surface area contributed by atoms with Crippen LogP contribution in [0, 0.1) is 19.7 Å². The third-order valence-electron chi connectivity index (χ3n) is 4.53. The first-order chi connectivity index (χ1) is 11.0. The molecule has 1 aliphatic rings. The number of hydrogen-bond acceptors (Lipinski definition) is 2. The zero-order chi connectivity index (χ0) is 16.4. The first-order valence-corrected chi connectivity index (χ1v) is 7.95. The van der Waals surface area contributed by atoms with Gasteiger partial charge in [0.15, 0.2) is 0 Å². The lowest BCUT2D eigenvalue weighted by atomic mass is 10.2. The molecule has 1 saturated heterocycles. The van der Waals surface area contributed by atoms with E-state index >= 15 is 0 Å². The van der Waals surface area contributed by atoms with Gasteiger partial charge in [-0.05, 0) is 50.2 Å². The summed E-state index contributed by atoms with van der Waals surface area (Å²) < 4.78 is 15.0. The van der Waals surface area contributed by atoms with Crippen LogP contribution < -0.4 is 4.90 Å². The first-order valence-electron chi connectivity index (χ1n) is 7.95. The largest absolute Gasteiger partial charge is 0.368 e. The molecule has 0 radical (unpaired) electrons. The molecular formula is C18H22FN3O. The summed E-state index contributed by atoms with van der Waals surface area (Å²) in [5, 5.41) is 0. The number of amides is 1. The maximum atomic E-state index is 13.0. The van der Waals surface area contributed by atoms with Crippen LogP contribution in [0.4, 0.5) is 10.1 Å². The van der Waals surface area contributed by atoms with Crippen LogP contribution in [0.3, 0.4) is 0 Å². The Hall–Kier alpha value is -2.30. The van der Waals surface area contributed by atoms with Gasteiger partial charge in [-0.25, -0.2) is 4.39 Å². The lowest BCUT2D eigenvalue weighted by Crippen LogP contribution is -2.49. The van der Waals surface area contributed by atoms with E-state index in [9.17, 15) is 9.18 Å². The molecule has 23 heavy (non-hydrogen) atoms. The SMILES string of the molecule is Cc1ccc(C)n1CC(=O)N1CCN(c2ccc(F)cc2)CC1. The fourth-order valence-electron chi connectivity index (χ4n) is 3.05. The molecule has 0 unspecified atom stereocenters. The van der Waals surface area contributed by atoms with Gasteiger partial charge in [-0.1, -0.05) is 0 Å². The minimum atomic E-state index is -0.222. The van der Waals surface area contributed by atoms with Crippen molar-refractivity contribution in [1.82, 2.24) is 9.47 Å². The van der Waals surface area contributed by atoms with Gasteiger partial charge in [0.1, 0.15) is 12.4 Å². The molecule has 0 spiro atoms. The number of rotatable bonds is 3. The van der Waals surface area contributed by atoms with E-state index in [2.05, 4.69) is 9.47 Å². The fraction of sp³-hybridized carbons (Fsp3) is 0.389. The molecular weight excluding hydrogens is 293 g/mol. The van der Waals surface area contributed by atoms with Gasteiger partial charge >= 0.3 is 0 Å². The van der Waals surface area contributed by atoms with E-state index in [4.69, 9.17) is 0 Å². The predicted molar refractivity (Wildman–Crippen MR) is 89.1 cm³/mol. The Labute approximate surface area is 136 Å². The molecule has 0 atom stereocenters. The lowest BCUT2D eigenvalue weighted by Gasteiger charge is -2.36. The zero-order valence-corrected chi connectivity index (χ0v) is 13.6. The standard InChI is InChI=1S/C18H22FN3O/c1-14-3-4-15(2)22(14)13-18(23)21-11-9-20(10-12-21)17-7-5-16(19)6-8-17/h3-8H,9-13H2,1-2H3. The summed E-state index contributed by atoms with van der Waals surface area (Å²) in [6.45, 7) is 7.41. The second-order valence-corrected chi connectivity index (χ2v) is 6.05. The smallest absolute Gasteiger partial charge is 0.242 e. The second kappa shape index (κ2) is 6.44. The number of halogens is 1. The van der Waals surface area contributed by atoms with Crippen molar-refractivity contribution in [1.29, 1.82) is 0 Å². The van der Waals surface area contributed by atoms with Crippen LogP contribution in [0.5, 0.6) is 0 Å². The van der Waals surface area contributed by atoms with Gasteiger partial charge < -0.3 is 14.4 Å². The Morgan fingerprint density at radius 2 is 1.52 bits per heavy atom. The molecule has 0 bridgehead atoms. The molecule has 1 amide bonds. The quantitative estimate of drug-likeness (QED) is 0.871. The van der Waals surface area contributed by atoms with Gasteiger partial charge in [0.05, 0.1) is 0 Å². The third-order valence-corrected chi connectivity index (χ3v) is 4.53. The number of anilines is 1. The van der Waals surface area contributed by atoms with E-state index in [0.717, 1.165) is 30.2 Å². The van der Waals surface area contributed by atoms with E-state index in [1.807, 2.05) is 30.9 Å². The van der Waals surface area contributed by atoms with Crippen LogP contribution in [0.1, 0.15) is 11.4 Å². The number of piperazine rings is 1. The van der Waals surface area contributed by atoms with Crippen molar-refractivity contribution in [3.63, 3.8) is 0 Å². The maximum Gasteiger partial charge on any atom is 0.242 e. The summed E-state index contributed by atoms with van der Waals surface area (Å²) in [7, 11) is 0. The van der Waals surface area contributed by atoms with Crippen LogP contribution in [-0.4, -0.2) is 41.6 Å². The van der Waals surface area contributed by atoms with Crippen molar-refractivity contribution in [2.75, 3.05) is 31.1 Å². The molecule has 0 N–H and O–H groups in total. The van der Waals surface area contributed by atoms with Crippen molar-refractivity contribution in [3.8, 4) is 0 Å². The summed E-state index contributed by atoms with van der Waals surface area (Å²) in [4.78, 5) is 16.6. The molecule has 1 aliphatic heterocycles. The summed E-state index contributed by atoms with van der Waals surface area (Å²) in [6.07, 6.45) is 0. The van der Waals surface area contributed by atoms with Gasteiger partial charge in [0.25, 0.3) is 0 Å². The zero-order valence-electron chi connectivity index (χ0n) is 13.6. The van der Waals surface area contributed by atoms with Crippen LogP contribution in [0.15, 0.2) is 36.4 Å². The highest BCUT2D eigenvalue weighted by molar-refractivity contribution is 5.76. The molecule has 5 heteroatoms. The Balaban J connectivity index is 1.58. The summed E-state index contributed by atoms with van der Waals surface area (Å²) in [5.74, 6) is -0.0637. The van der Waals surface area contributed by atoms with Gasteiger partial charge in [0.2, 0.25) is 5.91 Å². The molecule has 1 aromatic heterocycles. The summed E-state index contributed by atoms with van der Waals surface area (Å²) in [5.41, 5.74) is 3.23. The molecule has 1 fully saturated rings. The Bertz CT molecular complexity index is 665. The van der Waals surface area contributed by atoms with Crippen LogP contribution in [0.25, 0.3) is 0 Å². The Morgan fingerprint density at radius 1 is 0.957 bits per heavy atom. The van der Waals surface area contributed by atoms with Crippen molar-refractivity contribution < 1.29 is 9.18 Å². The molecule has 2 heterocycles. The summed E-state index contributed by atoms with van der Waals surface area (Å²) >= 11 is 0. The average molecular weight is 315 g/mol. The number of aryl methyl sites for hydroxylation is 2. The maximum absolute atomic E-state index is 13.0. The van der Waals surface area contributed by atoms with Gasteiger partial charge in [0, 0.05) is 43.3 Å². The normalized spacial score (nSPS) is 15.1. The molecule has 4 nitrogen and oxygen atoms in total. The minimum Gasteiger partial charge on any atom is -0.368 e. The third kappa shape index (κ3) is 3.38. The Morgan fingerprint density at radius 3 is 2.09 bits per heavy atom. The lowest BCUT2D eigenvalue weighted by molar-refractivity contribution is -0.132. The monoisotopic (exact) mass is 315 g/mol. The Kier molecular flexibility index (Phi) is 4.37. The number of carbonyl (C=O) groups is 1. The average Bonchev–Trinajstić information content (AvgIpc) is 2.87. The van der Waals surface area contributed by atoms with E-state index in [-0.39, 0.29) is 11.7 Å². The highest BCUT2D eigenvalue weighted by atomic mass is 19.1. The van der Waals surface area contributed by atoms with E-state index < -0.39 is 0 Å². The number of benzene rings is 1. The number of hydrogen-bond donors (Lipinski definition) is 0. The van der Waals surface area contributed by atoms with Crippen molar-refractivity contribution in [2.45, 2.75) is 20.4 Å². The molecule has 122 valence electrons. The van der Waals surface area contributed by atoms with Crippen molar-refractivity contribution in [3.05, 3.63) is 53.6 Å². The van der Waals surface area contributed by atoms with Crippen LogP contribution in [-0.2, 0) is 11.3 Å². The van der Waals surface area contributed by atoms with E-state index in [1.54, 1.807) is 12.1 Å². The van der Waals surface area contributed by atoms with Crippen molar-refractivity contribution in [2.24, 2.45) is 0 Å². The fourth-order valence-corrected chi connectivity index (χ4v) is 3.05. The predicted octanol–water partition coefficient (Wildman–Crippen LogP) is 2.59. The summed E-state index contributed by atoms with van der Waals surface area (Å²) in [6, 6.07) is 10.6. The van der Waals surface area contributed by atoms with Crippen molar-refractivity contribution >= 4 is 11.6 Å². The topological polar surface area (TPSA) is 28.5 Å². The van der Waals surface area contributed by atoms with Crippen LogP contribution in [0.2, 0.25) is 0 Å². The molecule has 2 aromatic rings. The van der Waals surface area contributed by atoms with E-state index in [1.165, 1.54) is 12.1 Å². The number of nitrogens with zero attached hydrogens (tertiary/aromatic N) is 3. The van der Waals surface area contributed by atoms with Gasteiger partial charge in [-0.15, -0.1) is 0 Å². The second-order valence-electron chi connectivity index (χ2n) is 6.05. The van der Waals surface area contributed by atoms with E-state index in [0.29, 0.717) is 19.6 Å². The first kappa shape index (κ1) is 15.6. The minimum absolute atomic E-state index is 0.158. The highest BCUT2D eigenvalue weighted by Crippen LogP contribution is 2.17. The molecule has 3 rings (SSSR count). The molecule has 1 aromatic carbocycles. The molecule has 0 aliphatic carbocycles. The highest BCUT2D eigenvalue weighted by Gasteiger charge is 2.22. The number of aromatic nitrogens is 1. The van der Waals surface area contributed by atoms with Gasteiger partial charge in [-0.2, -0.15) is 0 Å². The van der Waals surface area contributed by atoms with Gasteiger partial charge in [-0.3, -0.25) is 4.79 Å². The number of carbonyl (C=O) groups excluding carboxylic acids is 1.